The molecular weight excluding hydrogens is 515 g/mol. The van der Waals surface area contributed by atoms with Crippen molar-refractivity contribution in [2.24, 2.45) is 0 Å². The highest BCUT2D eigenvalue weighted by atomic mass is 35.5. The number of aromatic nitrogens is 1. The lowest BCUT2D eigenvalue weighted by Gasteiger charge is -2.53. The Morgan fingerprint density at radius 1 is 1.26 bits per heavy atom. The van der Waals surface area contributed by atoms with Gasteiger partial charge in [-0.2, -0.15) is 0 Å². The van der Waals surface area contributed by atoms with E-state index < -0.39 is 11.9 Å². The summed E-state index contributed by atoms with van der Waals surface area (Å²) >= 11 is 6.81. The number of carbonyl (C=O) groups excluding carboxylic acids is 2. The molecule has 3 fully saturated rings. The van der Waals surface area contributed by atoms with Crippen molar-refractivity contribution in [3.05, 3.63) is 47.3 Å². The SMILES string of the molecule is C=CC(=O)N1CCN2C(=O)c3c(N4CCOCC45CCC5)nc(-c4c(O)cccc4F)c(Cl)c3OC[C@H]2C1. The number of piperazine rings is 1. The van der Waals surface area contributed by atoms with E-state index in [1.807, 2.05) is 0 Å². The van der Waals surface area contributed by atoms with E-state index in [9.17, 15) is 14.7 Å². The Labute approximate surface area is 224 Å². The molecule has 200 valence electrons. The molecule has 2 aromatic rings. The molecule has 38 heavy (non-hydrogen) atoms. The highest BCUT2D eigenvalue weighted by molar-refractivity contribution is 6.35. The van der Waals surface area contributed by atoms with Gasteiger partial charge in [0.15, 0.2) is 5.75 Å². The molecule has 1 spiro atoms. The number of benzene rings is 1. The van der Waals surface area contributed by atoms with E-state index in [0.29, 0.717) is 38.7 Å². The predicted octanol–water partition coefficient (Wildman–Crippen LogP) is 3.24. The van der Waals surface area contributed by atoms with E-state index in [4.69, 9.17) is 26.1 Å². The lowest BCUT2D eigenvalue weighted by Crippen LogP contribution is -2.62. The molecule has 2 amide bonds. The molecule has 9 nitrogen and oxygen atoms in total. The van der Waals surface area contributed by atoms with Gasteiger partial charge in [-0.3, -0.25) is 9.59 Å². The summed E-state index contributed by atoms with van der Waals surface area (Å²) in [6, 6.07) is 3.56. The van der Waals surface area contributed by atoms with Gasteiger partial charge in [0.05, 0.1) is 30.4 Å². The van der Waals surface area contributed by atoms with E-state index in [1.54, 1.807) is 9.80 Å². The van der Waals surface area contributed by atoms with Gasteiger partial charge in [-0.25, -0.2) is 9.37 Å². The van der Waals surface area contributed by atoms with Crippen LogP contribution in [0.25, 0.3) is 11.3 Å². The number of hydrogen-bond donors (Lipinski definition) is 1. The number of nitrogens with zero attached hydrogens (tertiary/aromatic N) is 4. The fraction of sp³-hybridized carbons (Fsp3) is 0.444. The number of pyridine rings is 1. The fourth-order valence-electron chi connectivity index (χ4n) is 5.95. The number of fused-ring (bicyclic) bond motifs is 2. The Bertz CT molecular complexity index is 1310. The van der Waals surface area contributed by atoms with Gasteiger partial charge in [0.25, 0.3) is 5.91 Å². The molecule has 0 bridgehead atoms. The Balaban J connectivity index is 1.53. The van der Waals surface area contributed by atoms with E-state index >= 15 is 4.39 Å². The van der Waals surface area contributed by atoms with Crippen LogP contribution < -0.4 is 9.64 Å². The van der Waals surface area contributed by atoms with Gasteiger partial charge in [0, 0.05) is 26.2 Å². The number of halogens is 2. The zero-order chi connectivity index (χ0) is 26.6. The molecule has 1 saturated carbocycles. The molecule has 4 heterocycles. The lowest BCUT2D eigenvalue weighted by atomic mass is 9.75. The van der Waals surface area contributed by atoms with E-state index in [-0.39, 0.29) is 63.8 Å². The summed E-state index contributed by atoms with van der Waals surface area (Å²) in [5.41, 5.74) is -0.261. The van der Waals surface area contributed by atoms with Crippen molar-refractivity contribution < 1.29 is 28.6 Å². The average Bonchev–Trinajstić information content (AvgIpc) is 3.05. The normalized spacial score (nSPS) is 22.2. The van der Waals surface area contributed by atoms with Crippen LogP contribution in [0.5, 0.6) is 11.5 Å². The molecular formula is C27H28ClFN4O5. The molecule has 6 rings (SSSR count). The highest BCUT2D eigenvalue weighted by Crippen LogP contribution is 2.49. The van der Waals surface area contributed by atoms with Gasteiger partial charge in [-0.1, -0.05) is 24.2 Å². The van der Waals surface area contributed by atoms with Crippen molar-refractivity contribution in [2.45, 2.75) is 30.8 Å². The molecule has 0 radical (unpaired) electrons. The lowest BCUT2D eigenvalue weighted by molar-refractivity contribution is -0.128. The first-order chi connectivity index (χ1) is 18.3. The predicted molar refractivity (Wildman–Crippen MR) is 138 cm³/mol. The van der Waals surface area contributed by atoms with Crippen LogP contribution in [0.4, 0.5) is 10.2 Å². The first kappa shape index (κ1) is 24.9. The molecule has 1 aromatic carbocycles. The minimum absolute atomic E-state index is 0.00751. The number of amides is 2. The molecule has 1 N–H and O–H groups in total. The van der Waals surface area contributed by atoms with Crippen LogP contribution in [0.15, 0.2) is 30.9 Å². The Hall–Kier alpha value is -3.37. The summed E-state index contributed by atoms with van der Waals surface area (Å²) in [6.45, 7) is 6.03. The first-order valence-corrected chi connectivity index (χ1v) is 13.1. The van der Waals surface area contributed by atoms with Crippen molar-refractivity contribution in [3.8, 4) is 22.8 Å². The van der Waals surface area contributed by atoms with E-state index in [2.05, 4.69) is 11.5 Å². The number of phenolic OH excluding ortho intramolecular Hbond substituents is 1. The van der Waals surface area contributed by atoms with Gasteiger partial charge in [0.1, 0.15) is 40.3 Å². The average molecular weight is 543 g/mol. The molecule has 0 unspecified atom stereocenters. The molecule has 1 atom stereocenters. The van der Waals surface area contributed by atoms with Crippen molar-refractivity contribution in [1.82, 2.24) is 14.8 Å². The smallest absolute Gasteiger partial charge is 0.261 e. The summed E-state index contributed by atoms with van der Waals surface area (Å²) < 4.78 is 27.1. The van der Waals surface area contributed by atoms with Crippen LogP contribution in [-0.2, 0) is 9.53 Å². The van der Waals surface area contributed by atoms with Gasteiger partial charge in [-0.05, 0) is 37.5 Å². The third-order valence-electron chi connectivity index (χ3n) is 8.11. The number of rotatable bonds is 3. The molecule has 4 aliphatic rings. The molecule has 1 aliphatic carbocycles. The molecule has 2 saturated heterocycles. The topological polar surface area (TPSA) is 95.4 Å². The zero-order valence-corrected chi connectivity index (χ0v) is 21.5. The Morgan fingerprint density at radius 2 is 2.08 bits per heavy atom. The van der Waals surface area contributed by atoms with Crippen LogP contribution in [0.2, 0.25) is 5.02 Å². The number of phenols is 1. The summed E-state index contributed by atoms with van der Waals surface area (Å²) in [5, 5.41) is 10.5. The third-order valence-corrected chi connectivity index (χ3v) is 8.46. The molecule has 3 aliphatic heterocycles. The minimum Gasteiger partial charge on any atom is -0.507 e. The number of hydrogen-bond acceptors (Lipinski definition) is 7. The minimum atomic E-state index is -0.693. The number of aromatic hydroxyl groups is 1. The van der Waals surface area contributed by atoms with Gasteiger partial charge in [-0.15, -0.1) is 0 Å². The fourth-order valence-corrected chi connectivity index (χ4v) is 6.23. The maximum atomic E-state index is 15.0. The van der Waals surface area contributed by atoms with Gasteiger partial charge < -0.3 is 29.3 Å². The summed E-state index contributed by atoms with van der Waals surface area (Å²) in [5.74, 6) is -1.07. The Kier molecular flexibility index (Phi) is 6.19. The van der Waals surface area contributed by atoms with Gasteiger partial charge >= 0.3 is 0 Å². The van der Waals surface area contributed by atoms with Crippen molar-refractivity contribution >= 4 is 29.2 Å². The second-order valence-electron chi connectivity index (χ2n) is 10.2. The highest BCUT2D eigenvalue weighted by Gasteiger charge is 2.49. The molecule has 1 aromatic heterocycles. The number of carbonyl (C=O) groups is 2. The number of ether oxygens (including phenoxy) is 2. The van der Waals surface area contributed by atoms with Gasteiger partial charge in [0.2, 0.25) is 5.91 Å². The maximum absolute atomic E-state index is 15.0. The summed E-state index contributed by atoms with van der Waals surface area (Å²) in [6.07, 6.45) is 4.01. The van der Waals surface area contributed by atoms with Crippen molar-refractivity contribution in [2.75, 3.05) is 50.9 Å². The summed E-state index contributed by atoms with van der Waals surface area (Å²) in [4.78, 5) is 36.7. The van der Waals surface area contributed by atoms with E-state index in [0.717, 1.165) is 19.3 Å². The van der Waals surface area contributed by atoms with E-state index in [1.165, 1.54) is 24.3 Å². The monoisotopic (exact) mass is 542 g/mol. The standard InChI is InChI=1S/C27H28ClFN4O5/c1-2-19(35)31-9-10-32-16(13-31)14-38-24-21(26(32)36)25(33-11-12-37-15-27(33)7-4-8-27)30-23(22(24)28)20-17(29)5-3-6-18(20)34/h2-3,5-6,16,34H,1,4,7-15H2/t16-/m1/s1. The van der Waals surface area contributed by atoms with Crippen LogP contribution in [0.1, 0.15) is 29.6 Å². The van der Waals surface area contributed by atoms with Crippen molar-refractivity contribution in [1.29, 1.82) is 0 Å². The Morgan fingerprint density at radius 3 is 2.79 bits per heavy atom. The second kappa shape index (κ2) is 9.43. The zero-order valence-electron chi connectivity index (χ0n) is 20.8. The first-order valence-electron chi connectivity index (χ1n) is 12.8. The molecule has 11 heteroatoms. The van der Waals surface area contributed by atoms with Crippen LogP contribution in [0.3, 0.4) is 0 Å². The van der Waals surface area contributed by atoms with Crippen LogP contribution in [0, 0.1) is 5.82 Å². The van der Waals surface area contributed by atoms with Crippen LogP contribution in [-0.4, -0.2) is 89.3 Å². The number of anilines is 1. The largest absolute Gasteiger partial charge is 0.507 e. The quantitative estimate of drug-likeness (QED) is 0.595. The van der Waals surface area contributed by atoms with Crippen LogP contribution >= 0.6 is 11.6 Å². The van der Waals surface area contributed by atoms with Crippen molar-refractivity contribution in [3.63, 3.8) is 0 Å². The second-order valence-corrected chi connectivity index (χ2v) is 10.5. The number of morpholine rings is 1. The maximum Gasteiger partial charge on any atom is 0.261 e. The third kappa shape index (κ3) is 3.80. The summed E-state index contributed by atoms with van der Waals surface area (Å²) in [7, 11) is 0.